The van der Waals surface area contributed by atoms with Crippen LogP contribution in [0.3, 0.4) is 0 Å². The zero-order valence-corrected chi connectivity index (χ0v) is 15.4. The van der Waals surface area contributed by atoms with Gasteiger partial charge in [0.15, 0.2) is 5.11 Å². The van der Waals surface area contributed by atoms with E-state index in [1.165, 1.54) is 0 Å². The predicted molar refractivity (Wildman–Crippen MR) is 96.2 cm³/mol. The fourth-order valence-electron chi connectivity index (χ4n) is 1.48. The van der Waals surface area contributed by atoms with Crippen LogP contribution in [-0.2, 0) is 20.9 Å². The largest absolute Gasteiger partial charge is 0.331 e. The van der Waals surface area contributed by atoms with Gasteiger partial charge in [0, 0.05) is 10.7 Å². The van der Waals surface area contributed by atoms with Crippen molar-refractivity contribution in [3.8, 4) is 0 Å². The lowest BCUT2D eigenvalue weighted by atomic mass is 10.2. The van der Waals surface area contributed by atoms with Gasteiger partial charge in [-0.1, -0.05) is 11.6 Å². The van der Waals surface area contributed by atoms with Crippen LogP contribution in [0.1, 0.15) is 19.4 Å². The molecule has 0 unspecified atom stereocenters. The number of hydrazine groups is 1. The summed E-state index contributed by atoms with van der Waals surface area (Å²) in [5.74, 6) is 0. The van der Waals surface area contributed by atoms with E-state index in [1.54, 1.807) is 6.07 Å². The second-order valence-corrected chi connectivity index (χ2v) is 8.00. The van der Waals surface area contributed by atoms with Crippen LogP contribution < -0.4 is 15.9 Å². The molecule has 1 aromatic rings. The first-order chi connectivity index (χ1) is 9.90. The van der Waals surface area contributed by atoms with E-state index >= 15 is 0 Å². The van der Waals surface area contributed by atoms with Gasteiger partial charge in [-0.15, -0.1) is 0 Å². The summed E-state index contributed by atoms with van der Waals surface area (Å²) in [5.41, 5.74) is 4.66. The summed E-state index contributed by atoms with van der Waals surface area (Å²) in [6.07, 6.45) is 0. The topological polar surface area (TPSA) is 54.5 Å². The Morgan fingerprint density at radius 3 is 2.43 bits per heavy atom. The maximum absolute atomic E-state index is 5.91. The molecule has 5 nitrogen and oxygen atoms in total. The number of halogens is 1. The molecule has 1 aromatic carbocycles. The van der Waals surface area contributed by atoms with E-state index in [0.717, 1.165) is 11.3 Å². The quantitative estimate of drug-likeness (QED) is 0.385. The molecule has 3 N–H and O–H groups in total. The molecule has 0 saturated carbocycles. The molecule has 0 fully saturated rings. The molecule has 21 heavy (non-hydrogen) atoms. The van der Waals surface area contributed by atoms with Gasteiger partial charge in [0.05, 0.1) is 13.2 Å². The molecular formula is C12H19ClN3O2PS2. The molecule has 0 aromatic heterocycles. The van der Waals surface area contributed by atoms with Gasteiger partial charge >= 0.3 is 0 Å². The van der Waals surface area contributed by atoms with Gasteiger partial charge in [0.2, 0.25) is 0 Å². The number of aryl methyl sites for hydroxylation is 1. The van der Waals surface area contributed by atoms with Gasteiger partial charge in [-0.2, -0.15) is 5.20 Å². The lowest BCUT2D eigenvalue weighted by Gasteiger charge is -2.23. The Labute approximate surface area is 140 Å². The molecular weight excluding hydrogens is 349 g/mol. The third kappa shape index (κ3) is 6.57. The van der Waals surface area contributed by atoms with Crippen LogP contribution in [0.15, 0.2) is 18.2 Å². The summed E-state index contributed by atoms with van der Waals surface area (Å²) in [5, 5.41) is 6.95. The first kappa shape index (κ1) is 18.8. The van der Waals surface area contributed by atoms with Crippen molar-refractivity contribution in [2.75, 3.05) is 18.5 Å². The van der Waals surface area contributed by atoms with Crippen molar-refractivity contribution in [1.82, 2.24) is 10.6 Å². The Morgan fingerprint density at radius 1 is 1.29 bits per heavy atom. The lowest BCUT2D eigenvalue weighted by molar-refractivity contribution is 0.256. The minimum Gasteiger partial charge on any atom is -0.331 e. The summed E-state index contributed by atoms with van der Waals surface area (Å²) < 4.78 is 10.9. The van der Waals surface area contributed by atoms with E-state index in [-0.39, 0.29) is 0 Å². The van der Waals surface area contributed by atoms with Gasteiger partial charge in [0.25, 0.3) is 6.64 Å². The van der Waals surface area contributed by atoms with Crippen molar-refractivity contribution in [3.05, 3.63) is 28.8 Å². The van der Waals surface area contributed by atoms with Crippen molar-refractivity contribution in [2.24, 2.45) is 0 Å². The van der Waals surface area contributed by atoms with Gasteiger partial charge in [-0.25, -0.2) is 0 Å². The lowest BCUT2D eigenvalue weighted by Crippen LogP contribution is -2.39. The number of hydrogen-bond donors (Lipinski definition) is 3. The smallest absolute Gasteiger partial charge is 0.279 e. The second kappa shape index (κ2) is 9.00. The fourth-order valence-corrected chi connectivity index (χ4v) is 3.85. The number of rotatable bonds is 7. The number of nitrogens with one attached hydrogen (secondary N) is 3. The summed E-state index contributed by atoms with van der Waals surface area (Å²) in [6.45, 7) is 4.00. The Kier molecular flexibility index (Phi) is 8.05. The number of thiocarbonyl (C=S) groups is 1. The minimum atomic E-state index is -2.57. The zero-order chi connectivity index (χ0) is 15.9. The summed E-state index contributed by atoms with van der Waals surface area (Å²) >= 11 is 16.4. The highest BCUT2D eigenvalue weighted by Gasteiger charge is 2.17. The van der Waals surface area contributed by atoms with Gasteiger partial charge < -0.3 is 14.4 Å². The molecule has 1 rings (SSSR count). The maximum Gasteiger partial charge on any atom is 0.279 e. The van der Waals surface area contributed by atoms with Crippen LogP contribution in [0.5, 0.6) is 0 Å². The standard InChI is InChI=1S/C12H19ClN3O2PS2/c1-4-17-19(21,18-5-2)16-15-12(20)14-11-7-6-10(13)8-9(11)3/h6-8H,4-5H2,1-3H3,(H,16,21)(H2,14,15,20). The second-order valence-electron chi connectivity index (χ2n) is 3.98. The van der Waals surface area contributed by atoms with Crippen LogP contribution in [0.25, 0.3) is 0 Å². The van der Waals surface area contributed by atoms with E-state index in [4.69, 9.17) is 44.7 Å². The first-order valence-corrected chi connectivity index (χ1v) is 9.82. The Balaban J connectivity index is 2.59. The van der Waals surface area contributed by atoms with E-state index in [0.29, 0.717) is 23.3 Å². The van der Waals surface area contributed by atoms with Crippen LogP contribution in [0.4, 0.5) is 5.69 Å². The highest BCUT2D eigenvalue weighted by Crippen LogP contribution is 2.42. The molecule has 0 atom stereocenters. The monoisotopic (exact) mass is 367 g/mol. The molecule has 118 valence electrons. The van der Waals surface area contributed by atoms with Crippen molar-refractivity contribution >= 4 is 53.1 Å². The van der Waals surface area contributed by atoms with Crippen LogP contribution in [0.2, 0.25) is 5.02 Å². The SMILES string of the molecule is CCOP(=S)(NNC(=S)Nc1ccc(Cl)cc1C)OCC. The van der Waals surface area contributed by atoms with E-state index in [2.05, 4.69) is 15.9 Å². The van der Waals surface area contributed by atoms with Gasteiger partial charge in [0.1, 0.15) is 0 Å². The summed E-state index contributed by atoms with van der Waals surface area (Å²) in [7, 11) is 0. The minimum absolute atomic E-state index is 0.369. The fraction of sp³-hybridized carbons (Fsp3) is 0.417. The molecule has 9 heteroatoms. The van der Waals surface area contributed by atoms with Crippen LogP contribution in [-0.4, -0.2) is 18.3 Å². The molecule has 0 aliphatic heterocycles. The van der Waals surface area contributed by atoms with Crippen molar-refractivity contribution in [3.63, 3.8) is 0 Å². The highest BCUT2D eigenvalue weighted by molar-refractivity contribution is 8.08. The Hall–Kier alpha value is -0.270. The van der Waals surface area contributed by atoms with E-state index in [9.17, 15) is 0 Å². The molecule has 0 radical (unpaired) electrons. The average Bonchev–Trinajstić information content (AvgIpc) is 2.40. The number of benzene rings is 1. The molecule has 0 aliphatic carbocycles. The number of hydrogen-bond acceptors (Lipinski definition) is 4. The number of anilines is 1. The van der Waals surface area contributed by atoms with Crippen molar-refractivity contribution < 1.29 is 9.05 Å². The van der Waals surface area contributed by atoms with Crippen molar-refractivity contribution in [1.29, 1.82) is 0 Å². The molecule has 0 aliphatic rings. The summed E-state index contributed by atoms with van der Waals surface area (Å²) in [4.78, 5) is 0. The normalized spacial score (nSPS) is 11.2. The third-order valence-corrected chi connectivity index (χ3v) is 5.27. The average molecular weight is 368 g/mol. The third-order valence-electron chi connectivity index (χ3n) is 2.34. The van der Waals surface area contributed by atoms with Crippen LogP contribution in [0, 0.1) is 6.92 Å². The van der Waals surface area contributed by atoms with Gasteiger partial charge in [-0.3, -0.25) is 5.43 Å². The van der Waals surface area contributed by atoms with Gasteiger partial charge in [-0.05, 0) is 68.6 Å². The summed E-state index contributed by atoms with van der Waals surface area (Å²) in [6, 6.07) is 5.50. The van der Waals surface area contributed by atoms with E-state index < -0.39 is 6.64 Å². The molecule has 0 heterocycles. The highest BCUT2D eigenvalue weighted by atomic mass is 35.5. The molecule has 0 saturated heterocycles. The van der Waals surface area contributed by atoms with E-state index in [1.807, 2.05) is 32.9 Å². The first-order valence-electron chi connectivity index (χ1n) is 6.39. The van der Waals surface area contributed by atoms with Crippen molar-refractivity contribution in [2.45, 2.75) is 20.8 Å². The molecule has 0 spiro atoms. The molecule has 0 bridgehead atoms. The zero-order valence-electron chi connectivity index (χ0n) is 12.1. The Morgan fingerprint density at radius 2 is 1.90 bits per heavy atom. The molecule has 0 amide bonds. The maximum atomic E-state index is 5.91. The Bertz CT molecular complexity index is 535. The van der Waals surface area contributed by atoms with Crippen LogP contribution >= 0.6 is 30.5 Å². The predicted octanol–water partition coefficient (Wildman–Crippen LogP) is 3.74.